The molecule has 0 saturated carbocycles. The van der Waals surface area contributed by atoms with Gasteiger partial charge in [-0.1, -0.05) is 25.4 Å². The molecule has 1 amide bonds. The van der Waals surface area contributed by atoms with Crippen LogP contribution in [-0.2, 0) is 6.54 Å². The Morgan fingerprint density at radius 2 is 2.22 bits per heavy atom. The second kappa shape index (κ2) is 7.03. The molecule has 2 aromatic rings. The standard InChI is InChI=1S/C16H21ClN4OS/c1-10-3-11(2)7-21(6-10)8-13-9-23-16(19-13)20-15(22)14-4-12(17)5-18-14/h4-5,9-11,18H,3,6-8H2,1-2H3,(H,19,20,22)/t10-,11-/m1/s1. The maximum Gasteiger partial charge on any atom is 0.273 e. The molecule has 124 valence electrons. The molecular formula is C16H21ClN4OS. The number of amides is 1. The van der Waals surface area contributed by atoms with Gasteiger partial charge in [-0.25, -0.2) is 4.98 Å². The van der Waals surface area contributed by atoms with E-state index in [4.69, 9.17) is 11.6 Å². The summed E-state index contributed by atoms with van der Waals surface area (Å²) in [5.74, 6) is 1.24. The van der Waals surface area contributed by atoms with E-state index in [9.17, 15) is 4.79 Å². The van der Waals surface area contributed by atoms with Crippen LogP contribution in [-0.4, -0.2) is 33.9 Å². The number of piperidine rings is 1. The number of aromatic nitrogens is 2. The predicted octanol–water partition coefficient (Wildman–Crippen LogP) is 3.85. The highest BCUT2D eigenvalue weighted by atomic mass is 35.5. The minimum absolute atomic E-state index is 0.224. The number of H-pyrrole nitrogens is 1. The number of thiazole rings is 1. The Morgan fingerprint density at radius 3 is 2.87 bits per heavy atom. The van der Waals surface area contributed by atoms with Crippen LogP contribution in [0.3, 0.4) is 0 Å². The summed E-state index contributed by atoms with van der Waals surface area (Å²) in [7, 11) is 0. The average molecular weight is 353 g/mol. The van der Waals surface area contributed by atoms with Crippen LogP contribution in [0, 0.1) is 11.8 Å². The number of halogens is 1. The van der Waals surface area contributed by atoms with E-state index in [1.165, 1.54) is 17.8 Å². The first-order valence-corrected chi connectivity index (χ1v) is 9.07. The third-order valence-corrected chi connectivity index (χ3v) is 5.02. The molecule has 0 aliphatic carbocycles. The topological polar surface area (TPSA) is 61.0 Å². The van der Waals surface area contributed by atoms with Crippen molar-refractivity contribution >= 4 is 34.0 Å². The van der Waals surface area contributed by atoms with Crippen LogP contribution in [0.15, 0.2) is 17.6 Å². The van der Waals surface area contributed by atoms with Crippen LogP contribution in [0.5, 0.6) is 0 Å². The summed E-state index contributed by atoms with van der Waals surface area (Å²) in [6.07, 6.45) is 2.88. The molecule has 23 heavy (non-hydrogen) atoms. The van der Waals surface area contributed by atoms with Gasteiger partial charge in [0.15, 0.2) is 5.13 Å². The van der Waals surface area contributed by atoms with E-state index >= 15 is 0 Å². The summed E-state index contributed by atoms with van der Waals surface area (Å²) in [5.41, 5.74) is 1.45. The first kappa shape index (κ1) is 16.5. The average Bonchev–Trinajstić information content (AvgIpc) is 3.07. The third kappa shape index (κ3) is 4.34. The van der Waals surface area contributed by atoms with E-state index in [0.717, 1.165) is 37.2 Å². The maximum absolute atomic E-state index is 12.1. The molecule has 3 heterocycles. The maximum atomic E-state index is 12.1. The highest BCUT2D eigenvalue weighted by molar-refractivity contribution is 7.13. The predicted molar refractivity (Wildman–Crippen MR) is 94.1 cm³/mol. The van der Waals surface area contributed by atoms with Gasteiger partial charge in [0.25, 0.3) is 5.91 Å². The summed E-state index contributed by atoms with van der Waals surface area (Å²) in [4.78, 5) is 21.9. The van der Waals surface area contributed by atoms with Gasteiger partial charge >= 0.3 is 0 Å². The lowest BCUT2D eigenvalue weighted by atomic mass is 9.92. The Bertz CT molecular complexity index is 673. The second-order valence-electron chi connectivity index (χ2n) is 6.47. The van der Waals surface area contributed by atoms with Crippen molar-refractivity contribution in [3.8, 4) is 0 Å². The number of anilines is 1. The molecule has 0 unspecified atom stereocenters. The smallest absolute Gasteiger partial charge is 0.273 e. The summed E-state index contributed by atoms with van der Waals surface area (Å²) < 4.78 is 0. The van der Waals surface area contributed by atoms with E-state index in [1.54, 1.807) is 12.3 Å². The highest BCUT2D eigenvalue weighted by Crippen LogP contribution is 2.24. The lowest BCUT2D eigenvalue weighted by Crippen LogP contribution is -2.38. The lowest BCUT2D eigenvalue weighted by Gasteiger charge is -2.34. The van der Waals surface area contributed by atoms with Crippen molar-refractivity contribution in [3.05, 3.63) is 34.1 Å². The van der Waals surface area contributed by atoms with E-state index < -0.39 is 0 Å². The first-order valence-electron chi connectivity index (χ1n) is 7.81. The van der Waals surface area contributed by atoms with Crippen LogP contribution in [0.1, 0.15) is 36.5 Å². The zero-order chi connectivity index (χ0) is 16.4. The summed E-state index contributed by atoms with van der Waals surface area (Å²) in [5, 5.41) is 5.96. The number of carbonyl (C=O) groups excluding carboxylic acids is 1. The normalized spacial score (nSPS) is 22.2. The summed E-state index contributed by atoms with van der Waals surface area (Å²) >= 11 is 7.27. The molecule has 0 aromatic carbocycles. The number of hydrogen-bond donors (Lipinski definition) is 2. The van der Waals surface area contributed by atoms with Gasteiger partial charge in [0, 0.05) is 31.2 Å². The molecule has 1 aliphatic heterocycles. The second-order valence-corrected chi connectivity index (χ2v) is 7.76. The van der Waals surface area contributed by atoms with E-state index in [0.29, 0.717) is 15.8 Å². The van der Waals surface area contributed by atoms with Crippen molar-refractivity contribution in [1.82, 2.24) is 14.9 Å². The number of aromatic amines is 1. The highest BCUT2D eigenvalue weighted by Gasteiger charge is 2.22. The zero-order valence-electron chi connectivity index (χ0n) is 13.3. The van der Waals surface area contributed by atoms with E-state index in [1.807, 2.05) is 5.38 Å². The van der Waals surface area contributed by atoms with Gasteiger partial charge in [-0.05, 0) is 24.3 Å². The fourth-order valence-corrected chi connectivity index (χ4v) is 4.11. The van der Waals surface area contributed by atoms with Crippen LogP contribution in [0.2, 0.25) is 5.02 Å². The Kier molecular flexibility index (Phi) is 5.04. The van der Waals surface area contributed by atoms with Crippen molar-refractivity contribution < 1.29 is 4.79 Å². The molecule has 1 aliphatic rings. The van der Waals surface area contributed by atoms with Crippen molar-refractivity contribution in [1.29, 1.82) is 0 Å². The molecule has 0 spiro atoms. The molecular weight excluding hydrogens is 332 g/mol. The number of nitrogens with zero attached hydrogens (tertiary/aromatic N) is 2. The molecule has 5 nitrogen and oxygen atoms in total. The fourth-order valence-electron chi connectivity index (χ4n) is 3.25. The molecule has 1 saturated heterocycles. The molecule has 3 rings (SSSR count). The quantitative estimate of drug-likeness (QED) is 0.878. The lowest BCUT2D eigenvalue weighted by molar-refractivity contribution is 0.102. The number of likely N-dealkylation sites (tertiary alicyclic amines) is 1. The Hall–Kier alpha value is -1.37. The zero-order valence-corrected chi connectivity index (χ0v) is 14.9. The molecule has 2 atom stereocenters. The van der Waals surface area contributed by atoms with Crippen LogP contribution in [0.25, 0.3) is 0 Å². The molecule has 2 N–H and O–H groups in total. The van der Waals surface area contributed by atoms with Crippen molar-refractivity contribution in [2.24, 2.45) is 11.8 Å². The van der Waals surface area contributed by atoms with E-state index in [2.05, 4.69) is 34.0 Å². The summed E-state index contributed by atoms with van der Waals surface area (Å²) in [6.45, 7) is 7.68. The van der Waals surface area contributed by atoms with Gasteiger partial charge in [0.05, 0.1) is 10.7 Å². The number of carbonyl (C=O) groups is 1. The van der Waals surface area contributed by atoms with Gasteiger partial charge < -0.3 is 4.98 Å². The van der Waals surface area contributed by atoms with Crippen molar-refractivity contribution in [2.45, 2.75) is 26.8 Å². The molecule has 0 radical (unpaired) electrons. The monoisotopic (exact) mass is 352 g/mol. The van der Waals surface area contributed by atoms with Crippen LogP contribution >= 0.6 is 22.9 Å². The minimum Gasteiger partial charge on any atom is -0.356 e. The van der Waals surface area contributed by atoms with Gasteiger partial charge in [-0.2, -0.15) is 0 Å². The van der Waals surface area contributed by atoms with Crippen LogP contribution < -0.4 is 5.32 Å². The van der Waals surface area contributed by atoms with Gasteiger partial charge in [-0.3, -0.25) is 15.0 Å². The minimum atomic E-state index is -0.224. The Balaban J connectivity index is 1.58. The number of rotatable bonds is 4. The SMILES string of the molecule is C[C@@H]1C[C@@H](C)CN(Cc2csc(NC(=O)c3cc(Cl)c[nH]3)n2)C1. The van der Waals surface area contributed by atoms with Gasteiger partial charge in [-0.15, -0.1) is 11.3 Å². The van der Waals surface area contributed by atoms with Crippen molar-refractivity contribution in [2.75, 3.05) is 18.4 Å². The first-order chi connectivity index (χ1) is 11.0. The van der Waals surface area contributed by atoms with E-state index in [-0.39, 0.29) is 5.91 Å². The largest absolute Gasteiger partial charge is 0.356 e. The Labute approximate surface area is 145 Å². The number of hydrogen-bond acceptors (Lipinski definition) is 4. The van der Waals surface area contributed by atoms with Gasteiger partial charge in [0.1, 0.15) is 5.69 Å². The third-order valence-electron chi connectivity index (χ3n) is 3.99. The van der Waals surface area contributed by atoms with Gasteiger partial charge in [0.2, 0.25) is 0 Å². The molecule has 2 aromatic heterocycles. The van der Waals surface area contributed by atoms with Crippen LogP contribution in [0.4, 0.5) is 5.13 Å². The van der Waals surface area contributed by atoms with Crippen molar-refractivity contribution in [3.63, 3.8) is 0 Å². The Morgan fingerprint density at radius 1 is 1.48 bits per heavy atom. The molecule has 0 bridgehead atoms. The number of nitrogens with one attached hydrogen (secondary N) is 2. The summed E-state index contributed by atoms with van der Waals surface area (Å²) in [6, 6.07) is 1.60. The molecule has 1 fully saturated rings. The molecule has 7 heteroatoms. The fraction of sp³-hybridized carbons (Fsp3) is 0.500.